The number of hydrogen-bond donors (Lipinski definition) is 2. The molecule has 1 aromatic rings. The van der Waals surface area contributed by atoms with Crippen LogP contribution in [0.1, 0.15) is 13.3 Å². The maximum absolute atomic E-state index is 5.21. The van der Waals surface area contributed by atoms with Gasteiger partial charge in [-0.05, 0) is 6.42 Å². The highest BCUT2D eigenvalue weighted by atomic mass is 16.5. The molecule has 0 aliphatic carbocycles. The normalized spacial score (nSPS) is 9.64. The maximum Gasteiger partial charge on any atom is 0.204 e. The molecular formula is C9H16N4O. The van der Waals surface area contributed by atoms with Gasteiger partial charge < -0.3 is 15.4 Å². The van der Waals surface area contributed by atoms with Crippen LogP contribution in [0.4, 0.5) is 11.6 Å². The summed E-state index contributed by atoms with van der Waals surface area (Å²) in [7, 11) is 3.41. The first kappa shape index (κ1) is 10.6. The standard InChI is InChI=1S/C9H16N4O/c1-4-5-11-9-7(14-3)8(10-2)12-6-13-9/h6H,4-5H2,1-3H3,(H2,10,11,12,13). The molecule has 0 unspecified atom stereocenters. The van der Waals surface area contributed by atoms with Crippen LogP contribution in [0, 0.1) is 0 Å². The van der Waals surface area contributed by atoms with Gasteiger partial charge in [-0.1, -0.05) is 6.92 Å². The number of rotatable bonds is 5. The van der Waals surface area contributed by atoms with E-state index in [4.69, 9.17) is 4.74 Å². The molecule has 1 aromatic heterocycles. The third-order valence-corrected chi connectivity index (χ3v) is 1.79. The summed E-state index contributed by atoms with van der Waals surface area (Å²) in [5.41, 5.74) is 0. The molecule has 0 fully saturated rings. The van der Waals surface area contributed by atoms with Crippen LogP contribution < -0.4 is 15.4 Å². The Bertz CT molecular complexity index is 290. The molecule has 5 heteroatoms. The second kappa shape index (κ2) is 5.26. The lowest BCUT2D eigenvalue weighted by Crippen LogP contribution is -2.06. The molecule has 0 saturated carbocycles. The number of anilines is 2. The first-order chi connectivity index (χ1) is 6.83. The Hall–Kier alpha value is -1.52. The van der Waals surface area contributed by atoms with E-state index in [0.717, 1.165) is 18.8 Å². The monoisotopic (exact) mass is 196 g/mol. The third-order valence-electron chi connectivity index (χ3n) is 1.79. The summed E-state index contributed by atoms with van der Waals surface area (Å²) in [6.07, 6.45) is 2.55. The van der Waals surface area contributed by atoms with Crippen molar-refractivity contribution in [2.24, 2.45) is 0 Å². The van der Waals surface area contributed by atoms with Gasteiger partial charge in [0, 0.05) is 13.6 Å². The Balaban J connectivity index is 2.90. The zero-order valence-electron chi connectivity index (χ0n) is 8.79. The summed E-state index contributed by atoms with van der Waals surface area (Å²) >= 11 is 0. The van der Waals surface area contributed by atoms with Crippen LogP contribution in [0.15, 0.2) is 6.33 Å². The maximum atomic E-state index is 5.21. The van der Waals surface area contributed by atoms with Crippen molar-refractivity contribution in [2.75, 3.05) is 31.3 Å². The van der Waals surface area contributed by atoms with Crippen LogP contribution >= 0.6 is 0 Å². The summed E-state index contributed by atoms with van der Waals surface area (Å²) in [5.74, 6) is 2.08. The first-order valence-electron chi connectivity index (χ1n) is 4.64. The molecule has 0 amide bonds. The molecule has 5 nitrogen and oxygen atoms in total. The summed E-state index contributed by atoms with van der Waals surface area (Å²) in [5, 5.41) is 6.12. The second-order valence-electron chi connectivity index (χ2n) is 2.78. The van der Waals surface area contributed by atoms with Crippen LogP contribution in [-0.2, 0) is 0 Å². The van der Waals surface area contributed by atoms with Crippen molar-refractivity contribution in [3.63, 3.8) is 0 Å². The lowest BCUT2D eigenvalue weighted by Gasteiger charge is -2.11. The highest BCUT2D eigenvalue weighted by Gasteiger charge is 2.09. The third kappa shape index (κ3) is 2.25. The molecule has 1 rings (SSSR count). The molecule has 0 aliphatic heterocycles. The quantitative estimate of drug-likeness (QED) is 0.744. The van der Waals surface area contributed by atoms with Crippen LogP contribution in [-0.4, -0.2) is 30.7 Å². The summed E-state index contributed by atoms with van der Waals surface area (Å²) < 4.78 is 5.21. The molecule has 1 heterocycles. The van der Waals surface area contributed by atoms with Crippen LogP contribution in [0.25, 0.3) is 0 Å². The molecule has 2 N–H and O–H groups in total. The Morgan fingerprint density at radius 2 is 2.07 bits per heavy atom. The Morgan fingerprint density at radius 1 is 1.36 bits per heavy atom. The topological polar surface area (TPSA) is 59.1 Å². The molecule has 0 saturated heterocycles. The van der Waals surface area contributed by atoms with E-state index in [-0.39, 0.29) is 0 Å². The van der Waals surface area contributed by atoms with Crippen LogP contribution in [0.5, 0.6) is 5.75 Å². The van der Waals surface area contributed by atoms with Gasteiger partial charge in [-0.15, -0.1) is 0 Å². The van der Waals surface area contributed by atoms with Crippen molar-refractivity contribution in [3.05, 3.63) is 6.33 Å². The van der Waals surface area contributed by atoms with Crippen LogP contribution in [0.3, 0.4) is 0 Å². The van der Waals surface area contributed by atoms with Gasteiger partial charge in [-0.2, -0.15) is 0 Å². The van der Waals surface area contributed by atoms with Crippen molar-refractivity contribution in [1.82, 2.24) is 9.97 Å². The summed E-state index contributed by atoms with van der Waals surface area (Å²) in [6.45, 7) is 2.97. The van der Waals surface area contributed by atoms with Gasteiger partial charge in [-0.3, -0.25) is 0 Å². The molecule has 0 bridgehead atoms. The summed E-state index contributed by atoms with van der Waals surface area (Å²) in [6, 6.07) is 0. The smallest absolute Gasteiger partial charge is 0.204 e. The second-order valence-corrected chi connectivity index (χ2v) is 2.78. The first-order valence-corrected chi connectivity index (χ1v) is 4.64. The number of nitrogens with zero attached hydrogens (tertiary/aromatic N) is 2. The zero-order chi connectivity index (χ0) is 10.4. The van der Waals surface area contributed by atoms with Gasteiger partial charge in [0.15, 0.2) is 11.6 Å². The van der Waals surface area contributed by atoms with Gasteiger partial charge in [-0.25, -0.2) is 9.97 Å². The van der Waals surface area contributed by atoms with E-state index < -0.39 is 0 Å². The van der Waals surface area contributed by atoms with E-state index in [2.05, 4.69) is 27.5 Å². The Morgan fingerprint density at radius 3 is 2.64 bits per heavy atom. The predicted octanol–water partition coefficient (Wildman–Crippen LogP) is 1.35. The molecule has 0 spiro atoms. The highest BCUT2D eigenvalue weighted by Crippen LogP contribution is 2.28. The van der Waals surface area contributed by atoms with Crippen molar-refractivity contribution in [1.29, 1.82) is 0 Å². The van der Waals surface area contributed by atoms with Crippen molar-refractivity contribution in [3.8, 4) is 5.75 Å². The molecular weight excluding hydrogens is 180 g/mol. The average Bonchev–Trinajstić information content (AvgIpc) is 2.25. The molecule has 0 aliphatic rings. The highest BCUT2D eigenvalue weighted by molar-refractivity contribution is 5.63. The fourth-order valence-corrected chi connectivity index (χ4v) is 1.11. The lowest BCUT2D eigenvalue weighted by atomic mass is 10.4. The van der Waals surface area contributed by atoms with Gasteiger partial charge in [0.25, 0.3) is 0 Å². The zero-order valence-corrected chi connectivity index (χ0v) is 8.79. The van der Waals surface area contributed by atoms with Crippen LogP contribution in [0.2, 0.25) is 0 Å². The van der Waals surface area contributed by atoms with E-state index >= 15 is 0 Å². The predicted molar refractivity (Wildman–Crippen MR) is 56.9 cm³/mol. The van der Waals surface area contributed by atoms with Gasteiger partial charge in [0.2, 0.25) is 5.75 Å². The molecule has 0 radical (unpaired) electrons. The number of hydrogen-bond acceptors (Lipinski definition) is 5. The SMILES string of the molecule is CCCNc1ncnc(NC)c1OC. The fraction of sp³-hybridized carbons (Fsp3) is 0.556. The van der Waals surface area contributed by atoms with E-state index in [9.17, 15) is 0 Å². The molecule has 14 heavy (non-hydrogen) atoms. The molecule has 0 atom stereocenters. The Kier molecular flexibility index (Phi) is 3.97. The Labute approximate surface area is 83.9 Å². The van der Waals surface area contributed by atoms with Crippen molar-refractivity contribution >= 4 is 11.6 Å². The minimum Gasteiger partial charge on any atom is -0.490 e. The van der Waals surface area contributed by atoms with Crippen molar-refractivity contribution in [2.45, 2.75) is 13.3 Å². The molecule has 0 aromatic carbocycles. The van der Waals surface area contributed by atoms with E-state index in [1.807, 2.05) is 0 Å². The number of aromatic nitrogens is 2. The van der Waals surface area contributed by atoms with Gasteiger partial charge in [0.1, 0.15) is 6.33 Å². The lowest BCUT2D eigenvalue weighted by molar-refractivity contribution is 0.415. The number of methoxy groups -OCH3 is 1. The fourth-order valence-electron chi connectivity index (χ4n) is 1.11. The molecule has 78 valence electrons. The minimum atomic E-state index is 0.656. The number of nitrogens with one attached hydrogen (secondary N) is 2. The van der Waals surface area contributed by atoms with E-state index in [1.54, 1.807) is 14.2 Å². The summed E-state index contributed by atoms with van der Waals surface area (Å²) in [4.78, 5) is 8.16. The van der Waals surface area contributed by atoms with Gasteiger partial charge >= 0.3 is 0 Å². The van der Waals surface area contributed by atoms with E-state index in [0.29, 0.717) is 11.6 Å². The van der Waals surface area contributed by atoms with Crippen molar-refractivity contribution < 1.29 is 4.74 Å². The van der Waals surface area contributed by atoms with Gasteiger partial charge in [0.05, 0.1) is 7.11 Å². The number of ether oxygens (including phenoxy) is 1. The minimum absolute atomic E-state index is 0.656. The largest absolute Gasteiger partial charge is 0.490 e. The van der Waals surface area contributed by atoms with E-state index in [1.165, 1.54) is 6.33 Å². The average molecular weight is 196 g/mol.